The minimum absolute atomic E-state index is 0.0309. The zero-order chi connectivity index (χ0) is 31.3. The van der Waals surface area contributed by atoms with E-state index in [0.717, 1.165) is 76.2 Å². The van der Waals surface area contributed by atoms with Gasteiger partial charge in [-0.25, -0.2) is 4.79 Å². The molecule has 9 nitrogen and oxygen atoms in total. The van der Waals surface area contributed by atoms with Crippen LogP contribution < -0.4 is 10.3 Å². The Bertz CT molecular complexity index is 1420. The van der Waals surface area contributed by atoms with E-state index in [1.54, 1.807) is 15.5 Å². The molecule has 242 valence electrons. The van der Waals surface area contributed by atoms with Gasteiger partial charge in [-0.2, -0.15) is 0 Å². The zero-order valence-corrected chi connectivity index (χ0v) is 26.4. The number of amides is 1. The molecule has 0 N–H and O–H groups in total. The number of hydrogen-bond donors (Lipinski definition) is 0. The summed E-state index contributed by atoms with van der Waals surface area (Å²) in [6, 6.07) is 12.4. The van der Waals surface area contributed by atoms with Crippen molar-refractivity contribution in [3.8, 4) is 17.0 Å². The number of aromatic nitrogens is 1. The molecule has 3 fully saturated rings. The largest absolute Gasteiger partial charge is 0.473 e. The quantitative estimate of drug-likeness (QED) is 0.418. The normalized spacial score (nSPS) is 28.4. The first-order valence-corrected chi connectivity index (χ1v) is 17.0. The predicted octanol–water partition coefficient (Wildman–Crippen LogP) is 5.52. The number of esters is 2. The molecule has 4 aliphatic rings. The lowest BCUT2D eigenvalue weighted by Gasteiger charge is -2.30. The number of ether oxygens (including phenoxy) is 3. The minimum Gasteiger partial charge on any atom is -0.473 e. The van der Waals surface area contributed by atoms with Gasteiger partial charge in [-0.15, -0.1) is 0 Å². The summed E-state index contributed by atoms with van der Waals surface area (Å²) in [6.45, 7) is 0.674. The molecule has 1 aromatic heterocycles. The highest BCUT2D eigenvalue weighted by molar-refractivity contribution is 5.89. The molecule has 2 bridgehead atoms. The number of carbonyl (C=O) groups excluding carboxylic acids is 3. The van der Waals surface area contributed by atoms with Crippen molar-refractivity contribution in [2.45, 2.75) is 108 Å². The minimum atomic E-state index is -0.822. The van der Waals surface area contributed by atoms with Crippen LogP contribution in [0.4, 0.5) is 0 Å². The van der Waals surface area contributed by atoms with Gasteiger partial charge in [0.2, 0.25) is 5.91 Å². The van der Waals surface area contributed by atoms with E-state index in [-0.39, 0.29) is 48.8 Å². The Morgan fingerprint density at radius 1 is 0.822 bits per heavy atom. The number of hydrogen-bond acceptors (Lipinski definition) is 7. The van der Waals surface area contributed by atoms with E-state index in [2.05, 4.69) is 0 Å². The average molecular weight is 619 g/mol. The highest BCUT2D eigenvalue weighted by Gasteiger charge is 2.46. The molecular formula is C36H46N2O7. The molecule has 2 aliphatic carbocycles. The van der Waals surface area contributed by atoms with Gasteiger partial charge in [-0.3, -0.25) is 19.0 Å². The van der Waals surface area contributed by atoms with Gasteiger partial charge < -0.3 is 19.1 Å². The lowest BCUT2D eigenvalue weighted by Crippen LogP contribution is -2.46. The molecule has 1 aromatic carbocycles. The third-order valence-corrected chi connectivity index (χ3v) is 10.5. The summed E-state index contributed by atoms with van der Waals surface area (Å²) >= 11 is 0. The van der Waals surface area contributed by atoms with Crippen LogP contribution in [0.15, 0.2) is 47.3 Å². The molecule has 3 heterocycles. The molecule has 2 aromatic rings. The van der Waals surface area contributed by atoms with Crippen molar-refractivity contribution in [3.05, 3.63) is 52.8 Å². The summed E-state index contributed by atoms with van der Waals surface area (Å²) in [4.78, 5) is 56.1. The van der Waals surface area contributed by atoms with Crippen molar-refractivity contribution in [1.82, 2.24) is 9.47 Å². The van der Waals surface area contributed by atoms with Crippen molar-refractivity contribution in [2.75, 3.05) is 13.7 Å². The Kier molecular flexibility index (Phi) is 9.91. The molecular weight excluding hydrogens is 572 g/mol. The van der Waals surface area contributed by atoms with Crippen LogP contribution in [-0.2, 0) is 30.4 Å². The van der Waals surface area contributed by atoms with Gasteiger partial charge in [-0.05, 0) is 74.5 Å². The zero-order valence-electron chi connectivity index (χ0n) is 26.4. The first-order valence-electron chi connectivity index (χ1n) is 17.0. The fraction of sp³-hybridized carbons (Fsp3) is 0.611. The second-order valence-electron chi connectivity index (χ2n) is 13.3. The standard InChI is InChI=1S/C36H46N2O7/c1-43-36(42)30-21-27-23-38(30)35(41)29(25-13-7-8-14-25)22-33(39)45-31-17-10-16-26(31)15-6-3-9-20-37-32(44-27)19-18-28(34(37)40)24-11-4-2-5-12-24/h2,4-5,11-12,18-19,25-27,29-31H,3,6-10,13-17,20-23H2,1H3/t26-,27-,29+,30+,31-/m1/s1. The van der Waals surface area contributed by atoms with Gasteiger partial charge in [0.15, 0.2) is 5.88 Å². The molecule has 9 heteroatoms. The lowest BCUT2D eigenvalue weighted by molar-refractivity contribution is -0.158. The Labute approximate surface area is 265 Å². The van der Waals surface area contributed by atoms with Gasteiger partial charge >= 0.3 is 11.9 Å². The molecule has 1 amide bonds. The van der Waals surface area contributed by atoms with Gasteiger partial charge in [0, 0.05) is 18.5 Å². The maximum atomic E-state index is 14.3. The van der Waals surface area contributed by atoms with Crippen LogP contribution in [-0.4, -0.2) is 59.2 Å². The third-order valence-electron chi connectivity index (χ3n) is 10.5. The van der Waals surface area contributed by atoms with E-state index in [0.29, 0.717) is 23.9 Å². The lowest BCUT2D eigenvalue weighted by atomic mass is 9.86. The van der Waals surface area contributed by atoms with Crippen molar-refractivity contribution in [1.29, 1.82) is 0 Å². The molecule has 0 radical (unpaired) electrons. The smallest absolute Gasteiger partial charge is 0.328 e. The van der Waals surface area contributed by atoms with Gasteiger partial charge in [0.25, 0.3) is 5.56 Å². The first-order chi connectivity index (χ1) is 21.9. The monoisotopic (exact) mass is 618 g/mol. The Hall–Kier alpha value is -3.62. The fourth-order valence-corrected chi connectivity index (χ4v) is 8.14. The molecule has 6 rings (SSSR count). The molecule has 2 saturated carbocycles. The SMILES string of the molecule is COC(=O)[C@@H]1C[C@@H]2CN1C(=O)[C@H](C1CCCC1)CC(=O)O[C@@H]1CCC[C@H]1CCCCCn1c(ccc(-c3ccccc3)c1=O)O2. The molecule has 1 saturated heterocycles. The van der Waals surface area contributed by atoms with Crippen LogP contribution in [0.1, 0.15) is 83.5 Å². The maximum Gasteiger partial charge on any atom is 0.328 e. The summed E-state index contributed by atoms with van der Waals surface area (Å²) in [5.41, 5.74) is 1.34. The number of nitrogens with zero attached hydrogens (tertiary/aromatic N) is 2. The second kappa shape index (κ2) is 14.2. The van der Waals surface area contributed by atoms with Gasteiger partial charge in [0.1, 0.15) is 18.2 Å². The topological polar surface area (TPSA) is 104 Å². The van der Waals surface area contributed by atoms with Crippen LogP contribution in [0.5, 0.6) is 5.88 Å². The molecule has 2 aliphatic heterocycles. The van der Waals surface area contributed by atoms with Gasteiger partial charge in [-0.1, -0.05) is 56.0 Å². The number of benzene rings is 1. The number of carbonyl (C=O) groups is 3. The van der Waals surface area contributed by atoms with Crippen molar-refractivity contribution in [3.63, 3.8) is 0 Å². The molecule has 45 heavy (non-hydrogen) atoms. The number of pyridine rings is 1. The van der Waals surface area contributed by atoms with Crippen LogP contribution >= 0.6 is 0 Å². The van der Waals surface area contributed by atoms with Crippen LogP contribution in [0, 0.1) is 17.8 Å². The van der Waals surface area contributed by atoms with Crippen LogP contribution in [0.2, 0.25) is 0 Å². The number of fused-ring (bicyclic) bond motifs is 4. The highest BCUT2D eigenvalue weighted by Crippen LogP contribution is 2.38. The number of rotatable bonds is 3. The highest BCUT2D eigenvalue weighted by atomic mass is 16.5. The van der Waals surface area contributed by atoms with E-state index >= 15 is 0 Å². The predicted molar refractivity (Wildman–Crippen MR) is 168 cm³/mol. The summed E-state index contributed by atoms with van der Waals surface area (Å²) in [5, 5.41) is 0. The van der Waals surface area contributed by atoms with Crippen LogP contribution in [0.3, 0.4) is 0 Å². The van der Waals surface area contributed by atoms with E-state index in [9.17, 15) is 19.2 Å². The molecule has 0 unspecified atom stereocenters. The summed E-state index contributed by atoms with van der Waals surface area (Å²) in [5.74, 6) is -0.727. The van der Waals surface area contributed by atoms with E-state index in [4.69, 9.17) is 14.2 Å². The van der Waals surface area contributed by atoms with Crippen molar-refractivity contribution in [2.24, 2.45) is 17.8 Å². The Balaban J connectivity index is 1.34. The van der Waals surface area contributed by atoms with E-state index in [1.165, 1.54) is 7.11 Å². The summed E-state index contributed by atoms with van der Waals surface area (Å²) in [7, 11) is 1.32. The molecule has 0 spiro atoms. The Morgan fingerprint density at radius 2 is 1.56 bits per heavy atom. The molecule has 5 atom stereocenters. The maximum absolute atomic E-state index is 14.3. The Morgan fingerprint density at radius 3 is 2.33 bits per heavy atom. The van der Waals surface area contributed by atoms with Crippen molar-refractivity contribution >= 4 is 17.8 Å². The van der Waals surface area contributed by atoms with Crippen LogP contribution in [0.25, 0.3) is 11.1 Å². The summed E-state index contributed by atoms with van der Waals surface area (Å²) < 4.78 is 19.4. The fourth-order valence-electron chi connectivity index (χ4n) is 8.14. The number of methoxy groups -OCH3 is 1. The van der Waals surface area contributed by atoms with E-state index in [1.807, 2.05) is 36.4 Å². The van der Waals surface area contributed by atoms with E-state index < -0.39 is 24.0 Å². The second-order valence-corrected chi connectivity index (χ2v) is 13.3. The average Bonchev–Trinajstić information content (AvgIpc) is 3.82. The first kappa shape index (κ1) is 31.4. The van der Waals surface area contributed by atoms with Gasteiger partial charge in [0.05, 0.1) is 26.0 Å². The summed E-state index contributed by atoms with van der Waals surface area (Å²) in [6.07, 6.45) is 10.1. The third kappa shape index (κ3) is 6.97. The van der Waals surface area contributed by atoms with Crippen molar-refractivity contribution < 1.29 is 28.6 Å².